The number of carbonyl (C=O) groups excluding carboxylic acids is 2. The van der Waals surface area contributed by atoms with Crippen molar-refractivity contribution in [3.63, 3.8) is 0 Å². The van der Waals surface area contributed by atoms with Crippen molar-refractivity contribution in [3.8, 4) is 0 Å². The molecule has 0 spiro atoms. The number of likely N-dealkylation sites (tertiary alicyclic amines) is 1. The number of amides is 1. The van der Waals surface area contributed by atoms with Crippen LogP contribution >= 0.6 is 0 Å². The highest BCUT2D eigenvalue weighted by molar-refractivity contribution is 6.00. The molecule has 17 heavy (non-hydrogen) atoms. The van der Waals surface area contributed by atoms with Gasteiger partial charge < -0.3 is 4.90 Å². The first-order chi connectivity index (χ1) is 8.20. The van der Waals surface area contributed by atoms with Crippen LogP contribution < -0.4 is 0 Å². The van der Waals surface area contributed by atoms with Crippen molar-refractivity contribution in [2.24, 2.45) is 0 Å². The summed E-state index contributed by atoms with van der Waals surface area (Å²) in [5, 5.41) is 0. The molecule has 1 aliphatic rings. The van der Waals surface area contributed by atoms with Gasteiger partial charge in [-0.2, -0.15) is 0 Å². The number of hydrogen-bond acceptors (Lipinski definition) is 2. The van der Waals surface area contributed by atoms with Gasteiger partial charge in [0.25, 0.3) is 0 Å². The second-order valence-corrected chi connectivity index (χ2v) is 4.40. The monoisotopic (exact) mass is 231 g/mol. The first-order valence-corrected chi connectivity index (χ1v) is 6.07. The maximum Gasteiger partial charge on any atom is 0.230 e. The van der Waals surface area contributed by atoms with Crippen LogP contribution in [0, 0.1) is 0 Å². The highest BCUT2D eigenvalue weighted by Crippen LogP contribution is 2.16. The van der Waals surface area contributed by atoms with Gasteiger partial charge in [0.05, 0.1) is 6.42 Å². The Hall–Kier alpha value is -1.64. The lowest BCUT2D eigenvalue weighted by Gasteiger charge is -2.26. The van der Waals surface area contributed by atoms with E-state index in [9.17, 15) is 9.59 Å². The van der Waals surface area contributed by atoms with E-state index in [0.29, 0.717) is 19.5 Å². The number of rotatable bonds is 3. The summed E-state index contributed by atoms with van der Waals surface area (Å²) in [5.74, 6) is 0.0298. The second kappa shape index (κ2) is 5.13. The summed E-state index contributed by atoms with van der Waals surface area (Å²) in [6.07, 6.45) is 1.55. The molecule has 2 rings (SSSR count). The van der Waals surface area contributed by atoms with Crippen LogP contribution in [0.1, 0.15) is 30.9 Å². The van der Waals surface area contributed by atoms with E-state index in [2.05, 4.69) is 19.1 Å². The lowest BCUT2D eigenvalue weighted by molar-refractivity contribution is -0.139. The summed E-state index contributed by atoms with van der Waals surface area (Å²) in [4.78, 5) is 24.6. The molecule has 1 heterocycles. The molecule has 0 radical (unpaired) electrons. The molecule has 1 aromatic rings. The van der Waals surface area contributed by atoms with Crippen LogP contribution in [-0.4, -0.2) is 23.1 Å². The van der Waals surface area contributed by atoms with Gasteiger partial charge in [0.2, 0.25) is 5.91 Å². The number of Topliss-reactive ketones (excluding diaryl/α,β-unsaturated/α-hetero) is 1. The van der Waals surface area contributed by atoms with Crippen LogP contribution in [0.3, 0.4) is 0 Å². The Kier molecular flexibility index (Phi) is 3.57. The summed E-state index contributed by atoms with van der Waals surface area (Å²) in [6.45, 7) is 3.31. The zero-order valence-corrected chi connectivity index (χ0v) is 10.1. The quantitative estimate of drug-likeness (QED) is 0.745. The maximum absolute atomic E-state index is 11.7. The van der Waals surface area contributed by atoms with Crippen molar-refractivity contribution < 1.29 is 9.59 Å². The van der Waals surface area contributed by atoms with Gasteiger partial charge in [-0.3, -0.25) is 9.59 Å². The van der Waals surface area contributed by atoms with Gasteiger partial charge in [-0.1, -0.05) is 31.2 Å². The zero-order valence-electron chi connectivity index (χ0n) is 10.1. The summed E-state index contributed by atoms with van der Waals surface area (Å²) in [5.41, 5.74) is 2.47. The maximum atomic E-state index is 11.7. The minimum Gasteiger partial charge on any atom is -0.338 e. The first-order valence-electron chi connectivity index (χ1n) is 6.07. The lowest BCUT2D eigenvalue weighted by Crippen LogP contribution is -2.38. The van der Waals surface area contributed by atoms with Crippen molar-refractivity contribution in [2.75, 3.05) is 6.54 Å². The smallest absolute Gasteiger partial charge is 0.230 e. The number of benzene rings is 1. The van der Waals surface area contributed by atoms with Crippen LogP contribution in [0.15, 0.2) is 24.3 Å². The third kappa shape index (κ3) is 2.73. The van der Waals surface area contributed by atoms with Crippen LogP contribution in [0.4, 0.5) is 0 Å². The fourth-order valence-electron chi connectivity index (χ4n) is 2.18. The Bertz CT molecular complexity index is 440. The van der Waals surface area contributed by atoms with Crippen molar-refractivity contribution in [1.29, 1.82) is 0 Å². The lowest BCUT2D eigenvalue weighted by atomic mass is 10.0. The number of ketones is 1. The average molecular weight is 231 g/mol. The predicted molar refractivity (Wildman–Crippen MR) is 65.5 cm³/mol. The van der Waals surface area contributed by atoms with Crippen molar-refractivity contribution in [3.05, 3.63) is 35.4 Å². The highest BCUT2D eigenvalue weighted by atomic mass is 16.2. The topological polar surface area (TPSA) is 37.4 Å². The Morgan fingerprint density at radius 1 is 1.18 bits per heavy atom. The van der Waals surface area contributed by atoms with E-state index in [0.717, 1.165) is 6.42 Å². The van der Waals surface area contributed by atoms with Gasteiger partial charge in [-0.15, -0.1) is 0 Å². The molecule has 0 saturated carbocycles. The Balaban J connectivity index is 2.10. The van der Waals surface area contributed by atoms with Crippen LogP contribution in [0.2, 0.25) is 0 Å². The zero-order chi connectivity index (χ0) is 12.3. The standard InChI is InChI=1S/C14H17NO2/c1-2-11-5-3-4-6-12(11)10-15-8-7-13(16)9-14(15)17/h3-6H,2,7-10H2,1H3. The van der Waals surface area contributed by atoms with E-state index in [1.54, 1.807) is 4.90 Å². The Labute approximate surface area is 101 Å². The molecular weight excluding hydrogens is 214 g/mol. The summed E-state index contributed by atoms with van der Waals surface area (Å²) < 4.78 is 0. The van der Waals surface area contributed by atoms with Gasteiger partial charge in [0.1, 0.15) is 5.78 Å². The summed E-state index contributed by atoms with van der Waals surface area (Å²) in [6, 6.07) is 8.16. The molecule has 0 aromatic heterocycles. The molecule has 0 aliphatic carbocycles. The minimum absolute atomic E-state index is 0.0350. The average Bonchev–Trinajstić information content (AvgIpc) is 2.33. The molecule has 1 aliphatic heterocycles. The SMILES string of the molecule is CCc1ccccc1CN1CCC(=O)CC1=O. The minimum atomic E-state index is -0.0350. The van der Waals surface area contributed by atoms with Crippen LogP contribution in [0.5, 0.6) is 0 Å². The third-order valence-corrected chi connectivity index (χ3v) is 3.22. The van der Waals surface area contributed by atoms with E-state index in [4.69, 9.17) is 0 Å². The molecular formula is C14H17NO2. The molecule has 1 fully saturated rings. The normalized spacial score (nSPS) is 16.4. The molecule has 3 nitrogen and oxygen atoms in total. The van der Waals surface area contributed by atoms with E-state index in [1.807, 2.05) is 12.1 Å². The number of nitrogens with zero attached hydrogens (tertiary/aromatic N) is 1. The van der Waals surface area contributed by atoms with Crippen molar-refractivity contribution in [2.45, 2.75) is 32.7 Å². The number of aryl methyl sites for hydroxylation is 1. The molecule has 1 amide bonds. The van der Waals surface area contributed by atoms with E-state index in [-0.39, 0.29) is 18.1 Å². The number of piperidine rings is 1. The fourth-order valence-corrected chi connectivity index (χ4v) is 2.18. The largest absolute Gasteiger partial charge is 0.338 e. The highest BCUT2D eigenvalue weighted by Gasteiger charge is 2.23. The summed E-state index contributed by atoms with van der Waals surface area (Å²) in [7, 11) is 0. The first kappa shape index (κ1) is 11.8. The molecule has 0 atom stereocenters. The van der Waals surface area contributed by atoms with Crippen LogP contribution in [-0.2, 0) is 22.6 Å². The van der Waals surface area contributed by atoms with Gasteiger partial charge in [0.15, 0.2) is 0 Å². The van der Waals surface area contributed by atoms with Crippen molar-refractivity contribution >= 4 is 11.7 Å². The summed E-state index contributed by atoms with van der Waals surface area (Å²) >= 11 is 0. The second-order valence-electron chi connectivity index (χ2n) is 4.40. The van der Waals surface area contributed by atoms with Gasteiger partial charge >= 0.3 is 0 Å². The van der Waals surface area contributed by atoms with E-state index < -0.39 is 0 Å². The molecule has 0 bridgehead atoms. The number of carbonyl (C=O) groups is 2. The molecule has 0 N–H and O–H groups in total. The molecule has 0 unspecified atom stereocenters. The molecule has 90 valence electrons. The van der Waals surface area contributed by atoms with Crippen LogP contribution in [0.25, 0.3) is 0 Å². The van der Waals surface area contributed by atoms with Gasteiger partial charge in [-0.05, 0) is 17.5 Å². The van der Waals surface area contributed by atoms with E-state index >= 15 is 0 Å². The number of hydrogen-bond donors (Lipinski definition) is 0. The third-order valence-electron chi connectivity index (χ3n) is 3.22. The fraction of sp³-hybridized carbons (Fsp3) is 0.429. The van der Waals surface area contributed by atoms with Gasteiger partial charge in [-0.25, -0.2) is 0 Å². The Morgan fingerprint density at radius 2 is 1.88 bits per heavy atom. The molecule has 1 saturated heterocycles. The van der Waals surface area contributed by atoms with Gasteiger partial charge in [0, 0.05) is 19.5 Å². The van der Waals surface area contributed by atoms with Crippen molar-refractivity contribution in [1.82, 2.24) is 4.90 Å². The van der Waals surface area contributed by atoms with E-state index in [1.165, 1.54) is 11.1 Å². The Morgan fingerprint density at radius 3 is 2.53 bits per heavy atom. The molecule has 3 heteroatoms. The molecule has 1 aromatic carbocycles. The predicted octanol–water partition coefficient (Wildman–Crippen LogP) is 1.94.